The summed E-state index contributed by atoms with van der Waals surface area (Å²) in [6.07, 6.45) is 0.318. The molecule has 0 aliphatic heterocycles. The van der Waals surface area contributed by atoms with Gasteiger partial charge in [-0.1, -0.05) is 0 Å². The molecular formula is C12H13FN2O2. The van der Waals surface area contributed by atoms with Crippen molar-refractivity contribution in [3.63, 3.8) is 0 Å². The summed E-state index contributed by atoms with van der Waals surface area (Å²) in [5, 5.41) is 17.8. The SMILES string of the molecule is CN(CCC#N)CC(=O)c1cc(F)ccc1O. The van der Waals surface area contributed by atoms with Crippen molar-refractivity contribution in [3.8, 4) is 11.8 Å². The standard InChI is InChI=1S/C12H13FN2O2/c1-15(6-2-5-14)8-12(17)10-7-9(13)3-4-11(10)16/h3-4,7,16H,2,6,8H2,1H3. The van der Waals surface area contributed by atoms with Gasteiger partial charge in [-0.3, -0.25) is 9.69 Å². The highest BCUT2D eigenvalue weighted by molar-refractivity contribution is 5.99. The van der Waals surface area contributed by atoms with E-state index in [1.54, 1.807) is 11.9 Å². The van der Waals surface area contributed by atoms with E-state index >= 15 is 0 Å². The first-order valence-corrected chi connectivity index (χ1v) is 5.12. The minimum Gasteiger partial charge on any atom is -0.507 e. The Hall–Kier alpha value is -1.93. The molecule has 5 heteroatoms. The Morgan fingerprint density at radius 2 is 2.29 bits per heavy atom. The molecule has 0 spiro atoms. The highest BCUT2D eigenvalue weighted by Crippen LogP contribution is 2.18. The number of hydrogen-bond donors (Lipinski definition) is 1. The molecule has 0 aromatic heterocycles. The molecule has 17 heavy (non-hydrogen) atoms. The average molecular weight is 236 g/mol. The average Bonchev–Trinajstić information content (AvgIpc) is 2.29. The summed E-state index contributed by atoms with van der Waals surface area (Å²) in [7, 11) is 1.69. The molecular weight excluding hydrogens is 223 g/mol. The van der Waals surface area contributed by atoms with Gasteiger partial charge in [-0.15, -0.1) is 0 Å². The second-order valence-electron chi connectivity index (χ2n) is 3.73. The Kier molecular flexibility index (Phi) is 4.61. The molecule has 1 rings (SSSR count). The first-order chi connectivity index (χ1) is 8.04. The highest BCUT2D eigenvalue weighted by atomic mass is 19.1. The van der Waals surface area contributed by atoms with Crippen molar-refractivity contribution in [1.29, 1.82) is 5.26 Å². The molecule has 0 unspecified atom stereocenters. The fourth-order valence-corrected chi connectivity index (χ4v) is 1.38. The lowest BCUT2D eigenvalue weighted by atomic mass is 10.1. The number of rotatable bonds is 5. The van der Waals surface area contributed by atoms with E-state index in [-0.39, 0.29) is 23.6 Å². The van der Waals surface area contributed by atoms with Crippen LogP contribution in [0.4, 0.5) is 4.39 Å². The van der Waals surface area contributed by atoms with E-state index in [0.717, 1.165) is 18.2 Å². The van der Waals surface area contributed by atoms with Crippen LogP contribution in [-0.4, -0.2) is 35.9 Å². The number of hydrogen-bond acceptors (Lipinski definition) is 4. The smallest absolute Gasteiger partial charge is 0.180 e. The second kappa shape index (κ2) is 5.97. The molecule has 0 heterocycles. The number of Topliss-reactive ketones (excluding diaryl/α,β-unsaturated/α-hetero) is 1. The fourth-order valence-electron chi connectivity index (χ4n) is 1.38. The number of phenolic OH excluding ortho intramolecular Hbond substituents is 1. The Bertz CT molecular complexity index is 454. The molecule has 4 nitrogen and oxygen atoms in total. The maximum absolute atomic E-state index is 12.9. The van der Waals surface area contributed by atoms with Crippen molar-refractivity contribution in [2.75, 3.05) is 20.1 Å². The van der Waals surface area contributed by atoms with Crippen molar-refractivity contribution in [2.24, 2.45) is 0 Å². The summed E-state index contributed by atoms with van der Waals surface area (Å²) >= 11 is 0. The zero-order valence-electron chi connectivity index (χ0n) is 9.48. The molecule has 1 aromatic carbocycles. The number of phenols is 1. The summed E-state index contributed by atoms with van der Waals surface area (Å²) < 4.78 is 12.9. The van der Waals surface area contributed by atoms with Gasteiger partial charge in [0, 0.05) is 13.0 Å². The van der Waals surface area contributed by atoms with Crippen LogP contribution < -0.4 is 0 Å². The number of likely N-dealkylation sites (N-methyl/N-ethyl adjacent to an activating group) is 1. The lowest BCUT2D eigenvalue weighted by Crippen LogP contribution is -2.26. The maximum atomic E-state index is 12.9. The van der Waals surface area contributed by atoms with Crippen LogP contribution >= 0.6 is 0 Å². The van der Waals surface area contributed by atoms with Crippen LogP contribution in [0.3, 0.4) is 0 Å². The lowest BCUT2D eigenvalue weighted by Gasteiger charge is -2.14. The zero-order valence-corrected chi connectivity index (χ0v) is 9.48. The number of carbonyl (C=O) groups is 1. The van der Waals surface area contributed by atoms with Gasteiger partial charge in [0.15, 0.2) is 5.78 Å². The van der Waals surface area contributed by atoms with Crippen LogP contribution in [0.15, 0.2) is 18.2 Å². The number of benzene rings is 1. The summed E-state index contributed by atoms with van der Waals surface area (Å²) in [6.45, 7) is 0.497. The van der Waals surface area contributed by atoms with Gasteiger partial charge in [0.2, 0.25) is 0 Å². The minimum atomic E-state index is -0.564. The van der Waals surface area contributed by atoms with Gasteiger partial charge in [-0.05, 0) is 25.2 Å². The summed E-state index contributed by atoms with van der Waals surface area (Å²) in [6, 6.07) is 5.22. The normalized spacial score (nSPS) is 10.2. The number of nitrogens with zero attached hydrogens (tertiary/aromatic N) is 2. The Balaban J connectivity index is 2.70. The molecule has 1 N–H and O–H groups in total. The predicted octanol–water partition coefficient (Wildman–Crippen LogP) is 1.56. The first kappa shape index (κ1) is 13.1. The fraction of sp³-hybridized carbons (Fsp3) is 0.333. The molecule has 0 bridgehead atoms. The highest BCUT2D eigenvalue weighted by Gasteiger charge is 2.14. The van der Waals surface area contributed by atoms with E-state index in [1.807, 2.05) is 6.07 Å². The molecule has 0 fully saturated rings. The topological polar surface area (TPSA) is 64.3 Å². The van der Waals surface area contributed by atoms with Gasteiger partial charge in [0.05, 0.1) is 18.2 Å². The first-order valence-electron chi connectivity index (χ1n) is 5.12. The number of nitriles is 1. The Morgan fingerprint density at radius 1 is 1.59 bits per heavy atom. The van der Waals surface area contributed by atoms with E-state index < -0.39 is 5.82 Å². The van der Waals surface area contributed by atoms with Gasteiger partial charge in [-0.2, -0.15) is 5.26 Å². The second-order valence-corrected chi connectivity index (χ2v) is 3.73. The summed E-state index contributed by atoms with van der Waals surface area (Å²) in [5.41, 5.74) is -0.0335. The Morgan fingerprint density at radius 3 is 2.94 bits per heavy atom. The van der Waals surface area contributed by atoms with Crippen molar-refractivity contribution in [1.82, 2.24) is 4.90 Å². The van der Waals surface area contributed by atoms with Gasteiger partial charge >= 0.3 is 0 Å². The third-order valence-electron chi connectivity index (χ3n) is 2.28. The van der Waals surface area contributed by atoms with Gasteiger partial charge in [-0.25, -0.2) is 4.39 Å². The third-order valence-corrected chi connectivity index (χ3v) is 2.28. The van der Waals surface area contributed by atoms with Crippen molar-refractivity contribution in [2.45, 2.75) is 6.42 Å². The zero-order chi connectivity index (χ0) is 12.8. The van der Waals surface area contributed by atoms with Crippen LogP contribution in [0, 0.1) is 17.1 Å². The molecule has 90 valence electrons. The minimum absolute atomic E-state index is 0.0335. The Labute approximate surface area is 98.9 Å². The van der Waals surface area contributed by atoms with E-state index in [2.05, 4.69) is 0 Å². The van der Waals surface area contributed by atoms with Crippen LogP contribution in [0.1, 0.15) is 16.8 Å². The molecule has 0 saturated heterocycles. The van der Waals surface area contributed by atoms with Gasteiger partial charge in [0.25, 0.3) is 0 Å². The van der Waals surface area contributed by atoms with Crippen molar-refractivity contribution in [3.05, 3.63) is 29.6 Å². The molecule has 0 aliphatic carbocycles. The molecule has 0 atom stereocenters. The molecule has 1 aromatic rings. The number of ketones is 1. The molecule has 0 saturated carbocycles. The third kappa shape index (κ3) is 3.85. The van der Waals surface area contributed by atoms with Crippen molar-refractivity contribution >= 4 is 5.78 Å². The lowest BCUT2D eigenvalue weighted by molar-refractivity contribution is 0.0944. The van der Waals surface area contributed by atoms with Gasteiger partial charge < -0.3 is 5.11 Å². The van der Waals surface area contributed by atoms with Gasteiger partial charge in [0.1, 0.15) is 11.6 Å². The molecule has 0 amide bonds. The molecule has 0 aliphatic rings. The van der Waals surface area contributed by atoms with E-state index in [0.29, 0.717) is 13.0 Å². The van der Waals surface area contributed by atoms with Crippen LogP contribution in [-0.2, 0) is 0 Å². The number of carbonyl (C=O) groups excluding carboxylic acids is 1. The molecule has 0 radical (unpaired) electrons. The van der Waals surface area contributed by atoms with Crippen molar-refractivity contribution < 1.29 is 14.3 Å². The quantitative estimate of drug-likeness (QED) is 0.788. The van der Waals surface area contributed by atoms with Crippen LogP contribution in [0.2, 0.25) is 0 Å². The van der Waals surface area contributed by atoms with E-state index in [9.17, 15) is 14.3 Å². The summed E-state index contributed by atoms with van der Waals surface area (Å²) in [5.74, 6) is -1.17. The largest absolute Gasteiger partial charge is 0.507 e. The monoisotopic (exact) mass is 236 g/mol. The number of halogens is 1. The predicted molar refractivity (Wildman–Crippen MR) is 60.1 cm³/mol. The summed E-state index contributed by atoms with van der Waals surface area (Å²) in [4.78, 5) is 13.4. The maximum Gasteiger partial charge on any atom is 0.180 e. The van der Waals surface area contributed by atoms with E-state index in [4.69, 9.17) is 5.26 Å². The van der Waals surface area contributed by atoms with Crippen LogP contribution in [0.25, 0.3) is 0 Å². The van der Waals surface area contributed by atoms with Crippen LogP contribution in [0.5, 0.6) is 5.75 Å². The number of aromatic hydroxyl groups is 1. The van der Waals surface area contributed by atoms with E-state index in [1.165, 1.54) is 0 Å².